The highest BCUT2D eigenvalue weighted by Crippen LogP contribution is 2.20. The highest BCUT2D eigenvalue weighted by Gasteiger charge is 2.38. The first-order chi connectivity index (χ1) is 22.3. The third-order valence-electron chi connectivity index (χ3n) is 7.68. The van der Waals surface area contributed by atoms with Crippen LogP contribution in [0.2, 0.25) is 0 Å². The second kappa shape index (κ2) is 22.3. The Morgan fingerprint density at radius 1 is 0.745 bits per heavy atom. The Balaban J connectivity index is 2.55. The molecule has 0 radical (unpaired) electrons. The molecule has 5 atom stereocenters. The fourth-order valence-corrected chi connectivity index (χ4v) is 5.07. The van der Waals surface area contributed by atoms with Crippen LogP contribution in [0.25, 0.3) is 0 Å². The van der Waals surface area contributed by atoms with Crippen LogP contribution in [0.4, 0.5) is 0 Å². The first kappa shape index (κ1) is 40.8. The van der Waals surface area contributed by atoms with E-state index in [1.54, 1.807) is 0 Å². The van der Waals surface area contributed by atoms with E-state index in [-0.39, 0.29) is 50.3 Å². The minimum atomic E-state index is -1.23. The number of carboxylic acid groups (broad SMARTS) is 1. The number of guanidine groups is 2. The lowest BCUT2D eigenvalue weighted by Crippen LogP contribution is -2.57. The number of nitrogens with one attached hydrogen (secondary N) is 7. The van der Waals surface area contributed by atoms with Gasteiger partial charge in [0.15, 0.2) is 11.9 Å². The van der Waals surface area contributed by atoms with E-state index in [0.29, 0.717) is 64.5 Å². The maximum atomic E-state index is 13.5. The van der Waals surface area contributed by atoms with Gasteiger partial charge >= 0.3 is 5.97 Å². The van der Waals surface area contributed by atoms with Gasteiger partial charge in [0.2, 0.25) is 23.6 Å². The average Bonchev–Trinajstić information content (AvgIpc) is 3.51. The Morgan fingerprint density at radius 3 is 1.85 bits per heavy atom. The van der Waals surface area contributed by atoms with Gasteiger partial charge in [-0.3, -0.25) is 30.0 Å². The molecule has 1 fully saturated rings. The predicted molar refractivity (Wildman–Crippen MR) is 176 cm³/mol. The molecule has 0 unspecified atom stereocenters. The first-order valence-corrected chi connectivity index (χ1v) is 16.1. The molecule has 47 heavy (non-hydrogen) atoms. The molecule has 18 N–H and O–H groups in total. The van der Waals surface area contributed by atoms with E-state index < -0.39 is 53.9 Å². The maximum absolute atomic E-state index is 13.5. The molecule has 19 nitrogen and oxygen atoms in total. The molecule has 1 rings (SSSR count). The third-order valence-corrected chi connectivity index (χ3v) is 7.68. The van der Waals surface area contributed by atoms with Gasteiger partial charge in [-0.15, -0.1) is 0 Å². The number of nitrogens with zero attached hydrogens (tertiary/aromatic N) is 1. The Hall–Kier alpha value is -4.23. The summed E-state index contributed by atoms with van der Waals surface area (Å²) in [4.78, 5) is 64.6. The quantitative estimate of drug-likeness (QED) is 0.0283. The van der Waals surface area contributed by atoms with Crippen LogP contribution in [0.15, 0.2) is 0 Å². The number of unbranched alkanes of at least 4 members (excludes halogenated alkanes) is 2. The van der Waals surface area contributed by atoms with Gasteiger partial charge in [-0.2, -0.15) is 0 Å². The van der Waals surface area contributed by atoms with Crippen molar-refractivity contribution in [2.75, 3.05) is 32.7 Å². The number of carboxylic acids is 1. The number of hydrogen-bond donors (Lipinski definition) is 13. The van der Waals surface area contributed by atoms with Crippen molar-refractivity contribution in [2.45, 2.75) is 101 Å². The molecule has 268 valence electrons. The van der Waals surface area contributed by atoms with Gasteiger partial charge in [0.1, 0.15) is 18.1 Å². The van der Waals surface area contributed by atoms with Gasteiger partial charge in [-0.05, 0) is 77.2 Å². The van der Waals surface area contributed by atoms with Gasteiger partial charge in [0.05, 0.1) is 12.1 Å². The fraction of sp³-hybridized carbons (Fsp3) is 0.750. The zero-order valence-electron chi connectivity index (χ0n) is 27.0. The van der Waals surface area contributed by atoms with Crippen molar-refractivity contribution in [3.05, 3.63) is 0 Å². The number of carbonyl (C=O) groups is 5. The molecule has 4 amide bonds. The van der Waals surface area contributed by atoms with Crippen LogP contribution in [0, 0.1) is 10.8 Å². The smallest absolute Gasteiger partial charge is 0.326 e. The lowest BCUT2D eigenvalue weighted by molar-refractivity contribution is -0.145. The average molecular weight is 670 g/mol. The van der Waals surface area contributed by atoms with Crippen LogP contribution in [0.5, 0.6) is 0 Å². The number of amides is 4. The molecule has 0 bridgehead atoms. The molecule has 0 aromatic carbocycles. The molecule has 1 heterocycles. The number of rotatable bonds is 23. The van der Waals surface area contributed by atoms with Crippen molar-refractivity contribution < 1.29 is 29.1 Å². The summed E-state index contributed by atoms with van der Waals surface area (Å²) in [6.45, 7) is 1.50. The molecule has 0 aromatic rings. The lowest BCUT2D eigenvalue weighted by atomic mass is 10.1. The third kappa shape index (κ3) is 16.2. The minimum absolute atomic E-state index is 0.0865. The van der Waals surface area contributed by atoms with E-state index in [9.17, 15) is 29.1 Å². The number of aliphatic carboxylic acids is 1. The standard InChI is InChI=1S/C28H55N13O6/c29-12-11-19(25(45)41-16-6-10-21(41)24(44)40-20(26(46)47)9-5-15-38-28(34)35)39-23(43)18(31)8-1-3-13-36-22(42)17(30)7-2-4-14-37-27(32)33/h17-21H,1-16,29-31H2,(H,36,42)(H,39,43)(H,40,44)(H,46,47)(H4,32,33,37)(H4,34,35,38)/t17-,18-,19-,20-,21-/m0/s1. The summed E-state index contributed by atoms with van der Waals surface area (Å²) in [6, 6.07) is -4.69. The van der Waals surface area contributed by atoms with Crippen molar-refractivity contribution in [3.63, 3.8) is 0 Å². The highest BCUT2D eigenvalue weighted by atomic mass is 16.4. The van der Waals surface area contributed by atoms with Crippen LogP contribution in [-0.4, -0.2) is 114 Å². The Bertz CT molecular complexity index is 1060. The van der Waals surface area contributed by atoms with Gasteiger partial charge in [0, 0.05) is 26.2 Å². The summed E-state index contributed by atoms with van der Waals surface area (Å²) in [7, 11) is 0. The van der Waals surface area contributed by atoms with E-state index >= 15 is 0 Å². The van der Waals surface area contributed by atoms with Crippen LogP contribution in [0.3, 0.4) is 0 Å². The number of nitrogens with two attached hydrogens (primary N) is 5. The van der Waals surface area contributed by atoms with Gasteiger partial charge in [-0.25, -0.2) is 4.79 Å². The molecular formula is C28H55N13O6. The second-order valence-corrected chi connectivity index (χ2v) is 11.5. The number of carbonyl (C=O) groups excluding carboxylic acids is 4. The predicted octanol–water partition coefficient (Wildman–Crippen LogP) is -3.76. The van der Waals surface area contributed by atoms with E-state index in [1.807, 2.05) is 0 Å². The van der Waals surface area contributed by atoms with E-state index in [2.05, 4.69) is 26.6 Å². The second-order valence-electron chi connectivity index (χ2n) is 11.5. The monoisotopic (exact) mass is 669 g/mol. The van der Waals surface area contributed by atoms with Crippen molar-refractivity contribution >= 4 is 41.5 Å². The zero-order chi connectivity index (χ0) is 35.4. The zero-order valence-corrected chi connectivity index (χ0v) is 27.0. The summed E-state index contributed by atoms with van der Waals surface area (Å²) in [5.74, 6) is -3.50. The molecular weight excluding hydrogens is 614 g/mol. The molecule has 19 heteroatoms. The molecule has 1 saturated heterocycles. The first-order valence-electron chi connectivity index (χ1n) is 16.1. The summed E-state index contributed by atoms with van der Waals surface area (Å²) in [6.07, 6.45) is 4.69. The Morgan fingerprint density at radius 2 is 1.30 bits per heavy atom. The topological polar surface area (TPSA) is 347 Å². The van der Waals surface area contributed by atoms with Crippen molar-refractivity contribution in [1.82, 2.24) is 31.5 Å². The largest absolute Gasteiger partial charge is 0.480 e. The molecule has 1 aliphatic rings. The molecule has 1 aliphatic heterocycles. The molecule has 0 aromatic heterocycles. The minimum Gasteiger partial charge on any atom is -0.480 e. The molecule has 0 spiro atoms. The summed E-state index contributed by atoms with van der Waals surface area (Å²) >= 11 is 0. The number of hydrogen-bond acceptors (Lipinski definition) is 10. The van der Waals surface area contributed by atoms with E-state index in [1.165, 1.54) is 4.90 Å². The summed E-state index contributed by atoms with van der Waals surface area (Å²) in [5.41, 5.74) is 28.2. The molecule has 0 saturated carbocycles. The van der Waals surface area contributed by atoms with Crippen LogP contribution >= 0.6 is 0 Å². The van der Waals surface area contributed by atoms with Crippen molar-refractivity contribution in [2.24, 2.45) is 28.7 Å². The maximum Gasteiger partial charge on any atom is 0.326 e. The van der Waals surface area contributed by atoms with Gasteiger partial charge in [0.25, 0.3) is 0 Å². The fourth-order valence-electron chi connectivity index (χ4n) is 5.07. The summed E-state index contributed by atoms with van der Waals surface area (Å²) < 4.78 is 0. The lowest BCUT2D eigenvalue weighted by Gasteiger charge is -2.30. The van der Waals surface area contributed by atoms with Crippen LogP contribution < -0.4 is 55.3 Å². The Kier molecular flexibility index (Phi) is 19.4. The van der Waals surface area contributed by atoms with Crippen LogP contribution in [0.1, 0.15) is 70.6 Å². The Labute approximate surface area is 275 Å². The summed E-state index contributed by atoms with van der Waals surface area (Å²) in [5, 5.41) is 37.0. The van der Waals surface area contributed by atoms with Crippen LogP contribution in [-0.2, 0) is 24.0 Å². The normalized spacial score (nSPS) is 16.7. The highest BCUT2D eigenvalue weighted by molar-refractivity contribution is 5.94. The molecule has 0 aliphatic carbocycles. The SMILES string of the molecule is N=C(N)NCCCC[C@H](N)C(=O)NCCCC[C@H](N)C(=O)N[C@@H](CCN)C(=O)N1CCC[C@H]1C(=O)N[C@@H](CCCNC(=N)N)C(=O)O. The van der Waals surface area contributed by atoms with Crippen molar-refractivity contribution in [3.8, 4) is 0 Å². The van der Waals surface area contributed by atoms with Crippen molar-refractivity contribution in [1.29, 1.82) is 10.8 Å². The van der Waals surface area contributed by atoms with Gasteiger partial charge < -0.3 is 65.3 Å². The van der Waals surface area contributed by atoms with E-state index in [0.717, 1.165) is 6.42 Å². The van der Waals surface area contributed by atoms with Gasteiger partial charge in [-0.1, -0.05) is 0 Å². The van der Waals surface area contributed by atoms with E-state index in [4.69, 9.17) is 39.5 Å². The number of likely N-dealkylation sites (tertiary alicyclic amines) is 1.